The van der Waals surface area contributed by atoms with Gasteiger partial charge in [0, 0.05) is 25.2 Å². The number of hydrogen-bond donors (Lipinski definition) is 2. The van der Waals surface area contributed by atoms with Crippen molar-refractivity contribution in [2.75, 3.05) is 33.2 Å². The Hall–Kier alpha value is -0.360. The van der Waals surface area contributed by atoms with Crippen molar-refractivity contribution in [3.63, 3.8) is 0 Å². The number of halogens is 1. The summed E-state index contributed by atoms with van der Waals surface area (Å²) in [5, 5.41) is 5.82. The molecule has 1 amide bonds. The van der Waals surface area contributed by atoms with Gasteiger partial charge in [0.25, 0.3) is 0 Å². The Morgan fingerprint density at radius 2 is 1.84 bits per heavy atom. The molecule has 0 bridgehead atoms. The molecule has 0 aromatic rings. The molecule has 2 unspecified atom stereocenters. The molecule has 0 aromatic carbocycles. The number of morpholine rings is 1. The van der Waals surface area contributed by atoms with Crippen LogP contribution >= 0.6 is 12.4 Å². The van der Waals surface area contributed by atoms with Crippen LogP contribution in [0.3, 0.4) is 0 Å². The third-order valence-electron chi connectivity index (χ3n) is 3.33. The van der Waals surface area contributed by atoms with E-state index in [2.05, 4.69) is 43.2 Å². The van der Waals surface area contributed by atoms with E-state index in [9.17, 15) is 4.79 Å². The lowest BCUT2D eigenvalue weighted by Gasteiger charge is -2.45. The highest BCUT2D eigenvalue weighted by Gasteiger charge is 2.33. The number of amides is 1. The zero-order valence-corrected chi connectivity index (χ0v) is 13.5. The molecule has 1 heterocycles. The van der Waals surface area contributed by atoms with Crippen LogP contribution in [0, 0.1) is 0 Å². The summed E-state index contributed by atoms with van der Waals surface area (Å²) in [6.45, 7) is 11.4. The summed E-state index contributed by atoms with van der Waals surface area (Å²) in [4.78, 5) is 13.9. The summed E-state index contributed by atoms with van der Waals surface area (Å²) in [6.07, 6.45) is 0.502. The van der Waals surface area contributed by atoms with Gasteiger partial charge in [0.1, 0.15) is 0 Å². The van der Waals surface area contributed by atoms with E-state index in [1.165, 1.54) is 0 Å². The van der Waals surface area contributed by atoms with E-state index in [1.54, 1.807) is 7.05 Å². The van der Waals surface area contributed by atoms with Gasteiger partial charge in [-0.05, 0) is 34.7 Å². The Morgan fingerprint density at radius 1 is 1.32 bits per heavy atom. The molecule has 5 nitrogen and oxygen atoms in total. The number of carbonyl (C=O) groups is 1. The number of rotatable bonds is 5. The van der Waals surface area contributed by atoms with E-state index >= 15 is 0 Å². The van der Waals surface area contributed by atoms with Gasteiger partial charge in [0.2, 0.25) is 5.91 Å². The monoisotopic (exact) mass is 293 g/mol. The van der Waals surface area contributed by atoms with Gasteiger partial charge in [-0.2, -0.15) is 0 Å². The van der Waals surface area contributed by atoms with Crippen LogP contribution in [0.15, 0.2) is 0 Å². The Morgan fingerprint density at radius 3 is 2.32 bits per heavy atom. The van der Waals surface area contributed by atoms with Gasteiger partial charge in [-0.15, -0.1) is 12.4 Å². The largest absolute Gasteiger partial charge is 0.373 e. The molecule has 1 fully saturated rings. The maximum Gasteiger partial charge on any atom is 0.234 e. The van der Waals surface area contributed by atoms with Crippen molar-refractivity contribution < 1.29 is 9.53 Å². The van der Waals surface area contributed by atoms with E-state index in [-0.39, 0.29) is 36.1 Å². The van der Waals surface area contributed by atoms with Crippen LogP contribution in [0.4, 0.5) is 0 Å². The van der Waals surface area contributed by atoms with Gasteiger partial charge in [0.15, 0.2) is 0 Å². The summed E-state index contributed by atoms with van der Waals surface area (Å²) in [6, 6.07) is 0. The first-order valence-corrected chi connectivity index (χ1v) is 6.67. The fourth-order valence-electron chi connectivity index (χ4n) is 2.32. The molecule has 1 rings (SSSR count). The zero-order valence-electron chi connectivity index (χ0n) is 12.7. The Bertz CT molecular complexity index is 277. The van der Waals surface area contributed by atoms with Crippen molar-refractivity contribution in [2.45, 2.75) is 45.4 Å². The van der Waals surface area contributed by atoms with Crippen molar-refractivity contribution in [2.24, 2.45) is 0 Å². The molecule has 1 aliphatic heterocycles. The minimum absolute atomic E-state index is 0. The fraction of sp³-hybridized carbons (Fsp3) is 0.923. The zero-order chi connectivity index (χ0) is 13.8. The normalized spacial score (nSPS) is 24.7. The average Bonchev–Trinajstić information content (AvgIpc) is 2.26. The standard InChI is InChI=1S/C13H27N3O2.ClH/c1-10-7-16(8-11(2)18-10)13(3,4)9-15-12(17)6-14-5;/h10-11,14H,6-9H2,1-5H3,(H,15,17);1H. The molecule has 0 saturated carbocycles. The Kier molecular flexibility index (Phi) is 7.89. The van der Waals surface area contributed by atoms with Crippen LogP contribution < -0.4 is 10.6 Å². The topological polar surface area (TPSA) is 53.6 Å². The maximum absolute atomic E-state index is 11.5. The lowest BCUT2D eigenvalue weighted by atomic mass is 10.00. The molecule has 0 aromatic heterocycles. The molecule has 114 valence electrons. The average molecular weight is 294 g/mol. The molecule has 19 heavy (non-hydrogen) atoms. The van der Waals surface area contributed by atoms with Crippen molar-refractivity contribution in [1.29, 1.82) is 0 Å². The van der Waals surface area contributed by atoms with Gasteiger partial charge < -0.3 is 15.4 Å². The number of carbonyl (C=O) groups excluding carboxylic acids is 1. The number of ether oxygens (including phenoxy) is 1. The second kappa shape index (κ2) is 8.04. The first kappa shape index (κ1) is 18.6. The molecule has 0 spiro atoms. The lowest BCUT2D eigenvalue weighted by Crippen LogP contribution is -2.59. The minimum Gasteiger partial charge on any atom is -0.373 e. The molecule has 1 aliphatic rings. The molecule has 6 heteroatoms. The van der Waals surface area contributed by atoms with Gasteiger partial charge in [-0.1, -0.05) is 0 Å². The van der Waals surface area contributed by atoms with Gasteiger partial charge in [-0.25, -0.2) is 0 Å². The van der Waals surface area contributed by atoms with Gasteiger partial charge >= 0.3 is 0 Å². The van der Waals surface area contributed by atoms with Crippen molar-refractivity contribution in [3.05, 3.63) is 0 Å². The Balaban J connectivity index is 0.00000324. The molecule has 2 N–H and O–H groups in total. The molecular formula is C13H28ClN3O2. The smallest absolute Gasteiger partial charge is 0.234 e. The van der Waals surface area contributed by atoms with E-state index in [1.807, 2.05) is 0 Å². The van der Waals surface area contributed by atoms with E-state index in [0.29, 0.717) is 13.1 Å². The molecule has 0 aliphatic carbocycles. The molecule has 2 atom stereocenters. The first-order valence-electron chi connectivity index (χ1n) is 6.67. The van der Waals surface area contributed by atoms with Crippen molar-refractivity contribution >= 4 is 18.3 Å². The number of nitrogens with one attached hydrogen (secondary N) is 2. The van der Waals surface area contributed by atoms with Crippen LogP contribution in [0.25, 0.3) is 0 Å². The van der Waals surface area contributed by atoms with E-state index in [4.69, 9.17) is 4.74 Å². The molecule has 1 saturated heterocycles. The van der Waals surface area contributed by atoms with Crippen molar-refractivity contribution in [1.82, 2.24) is 15.5 Å². The third kappa shape index (κ3) is 6.08. The van der Waals surface area contributed by atoms with Crippen LogP contribution in [0.1, 0.15) is 27.7 Å². The second-order valence-electron chi connectivity index (χ2n) is 5.78. The highest BCUT2D eigenvalue weighted by Crippen LogP contribution is 2.20. The number of hydrogen-bond acceptors (Lipinski definition) is 4. The Labute approximate surface area is 122 Å². The summed E-state index contributed by atoms with van der Waals surface area (Å²) in [7, 11) is 1.77. The highest BCUT2D eigenvalue weighted by atomic mass is 35.5. The first-order chi connectivity index (χ1) is 8.35. The summed E-state index contributed by atoms with van der Waals surface area (Å²) in [5.41, 5.74) is -0.0459. The van der Waals surface area contributed by atoms with Gasteiger partial charge in [-0.3, -0.25) is 9.69 Å². The summed E-state index contributed by atoms with van der Waals surface area (Å²) < 4.78 is 5.74. The van der Waals surface area contributed by atoms with Crippen LogP contribution in [0.5, 0.6) is 0 Å². The quantitative estimate of drug-likeness (QED) is 0.781. The second-order valence-corrected chi connectivity index (χ2v) is 5.78. The van der Waals surface area contributed by atoms with Gasteiger partial charge in [0.05, 0.1) is 18.8 Å². The fourth-order valence-corrected chi connectivity index (χ4v) is 2.32. The predicted octanol–water partition coefficient (Wildman–Crippen LogP) is 0.632. The van der Waals surface area contributed by atoms with Crippen LogP contribution in [-0.4, -0.2) is 61.8 Å². The maximum atomic E-state index is 11.5. The van der Waals surface area contributed by atoms with Crippen molar-refractivity contribution in [3.8, 4) is 0 Å². The minimum atomic E-state index is -0.0459. The predicted molar refractivity (Wildman–Crippen MR) is 79.8 cm³/mol. The lowest BCUT2D eigenvalue weighted by molar-refractivity contribution is -0.122. The molecular weight excluding hydrogens is 266 g/mol. The van der Waals surface area contributed by atoms with E-state index < -0.39 is 0 Å². The summed E-state index contributed by atoms with van der Waals surface area (Å²) in [5.74, 6) is 0.0416. The van der Waals surface area contributed by atoms with Crippen LogP contribution in [-0.2, 0) is 9.53 Å². The van der Waals surface area contributed by atoms with E-state index in [0.717, 1.165) is 13.1 Å². The SMILES string of the molecule is CNCC(=O)NCC(C)(C)N1CC(C)OC(C)C1.Cl. The molecule has 0 radical (unpaired) electrons. The number of likely N-dealkylation sites (N-methyl/N-ethyl adjacent to an activating group) is 1. The third-order valence-corrected chi connectivity index (χ3v) is 3.33. The van der Waals surface area contributed by atoms with Crippen LogP contribution in [0.2, 0.25) is 0 Å². The number of nitrogens with zero attached hydrogens (tertiary/aromatic N) is 1. The summed E-state index contributed by atoms with van der Waals surface area (Å²) >= 11 is 0. The highest BCUT2D eigenvalue weighted by molar-refractivity contribution is 5.85.